The molecule has 25 heavy (non-hydrogen) atoms. The second kappa shape index (κ2) is 6.15. The summed E-state index contributed by atoms with van der Waals surface area (Å²) in [4.78, 5) is 27.8. The molecule has 1 unspecified atom stereocenters. The van der Waals surface area contributed by atoms with Crippen molar-refractivity contribution in [2.45, 2.75) is 50.9 Å². The summed E-state index contributed by atoms with van der Waals surface area (Å²) < 4.78 is 5.40. The zero-order valence-corrected chi connectivity index (χ0v) is 15.2. The van der Waals surface area contributed by atoms with E-state index >= 15 is 0 Å². The van der Waals surface area contributed by atoms with Crippen molar-refractivity contribution in [3.63, 3.8) is 0 Å². The molecule has 2 aliphatic carbocycles. The fourth-order valence-corrected chi connectivity index (χ4v) is 4.93. The van der Waals surface area contributed by atoms with Crippen LogP contribution in [0.25, 0.3) is 0 Å². The van der Waals surface area contributed by atoms with Gasteiger partial charge in [-0.25, -0.2) is 0 Å². The van der Waals surface area contributed by atoms with Crippen molar-refractivity contribution in [2.24, 2.45) is 17.8 Å². The minimum Gasteiger partial charge on any atom is -0.497 e. The van der Waals surface area contributed by atoms with E-state index in [0.29, 0.717) is 24.8 Å². The number of amides is 2. The molecule has 0 radical (unpaired) electrons. The number of hydrogen-bond acceptors (Lipinski definition) is 3. The van der Waals surface area contributed by atoms with Gasteiger partial charge in [0.15, 0.2) is 0 Å². The van der Waals surface area contributed by atoms with E-state index in [2.05, 4.69) is 13.0 Å². The maximum atomic E-state index is 13.2. The lowest BCUT2D eigenvalue weighted by molar-refractivity contribution is -0.158. The van der Waals surface area contributed by atoms with E-state index in [0.717, 1.165) is 43.4 Å². The van der Waals surface area contributed by atoms with Crippen LogP contribution in [0.4, 0.5) is 0 Å². The molecule has 134 valence electrons. The Balaban J connectivity index is 1.73. The van der Waals surface area contributed by atoms with E-state index in [1.165, 1.54) is 0 Å². The lowest BCUT2D eigenvalue weighted by atomic mass is 9.56. The Bertz CT molecular complexity index is 696. The van der Waals surface area contributed by atoms with Gasteiger partial charge in [-0.3, -0.25) is 14.5 Å². The Morgan fingerprint density at radius 2 is 2.00 bits per heavy atom. The van der Waals surface area contributed by atoms with E-state index < -0.39 is 0 Å². The van der Waals surface area contributed by atoms with E-state index in [4.69, 9.17) is 4.74 Å². The van der Waals surface area contributed by atoms with Crippen LogP contribution in [0.15, 0.2) is 24.3 Å². The highest BCUT2D eigenvalue weighted by atomic mass is 16.5. The topological polar surface area (TPSA) is 46.6 Å². The summed E-state index contributed by atoms with van der Waals surface area (Å²) in [6, 6.07) is 8.00. The third-order valence-corrected chi connectivity index (χ3v) is 6.44. The summed E-state index contributed by atoms with van der Waals surface area (Å²) in [7, 11) is 1.66. The average molecular weight is 341 g/mol. The number of likely N-dealkylation sites (tertiary alicyclic amines) is 1. The van der Waals surface area contributed by atoms with Crippen LogP contribution in [0.3, 0.4) is 0 Å². The van der Waals surface area contributed by atoms with Gasteiger partial charge < -0.3 is 4.74 Å². The zero-order valence-electron chi connectivity index (χ0n) is 15.2. The molecule has 1 aromatic rings. The van der Waals surface area contributed by atoms with Gasteiger partial charge >= 0.3 is 0 Å². The number of hydrogen-bond donors (Lipinski definition) is 0. The number of imide groups is 1. The molecule has 0 spiro atoms. The molecule has 3 fully saturated rings. The number of carbonyl (C=O) groups is 2. The second-order valence-corrected chi connectivity index (χ2v) is 8.29. The van der Waals surface area contributed by atoms with Crippen LogP contribution in [-0.2, 0) is 15.0 Å². The molecule has 1 aromatic carbocycles. The van der Waals surface area contributed by atoms with Crippen LogP contribution in [0.5, 0.6) is 5.75 Å². The minimum atomic E-state index is -0.361. The van der Waals surface area contributed by atoms with Crippen LogP contribution in [-0.4, -0.2) is 30.4 Å². The molecule has 3 aliphatic rings. The molecular formula is C21H27NO3. The van der Waals surface area contributed by atoms with Crippen molar-refractivity contribution in [3.8, 4) is 5.75 Å². The van der Waals surface area contributed by atoms with Gasteiger partial charge in [0.1, 0.15) is 5.75 Å². The summed E-state index contributed by atoms with van der Waals surface area (Å²) in [5, 5.41) is 0. The number of rotatable bonds is 4. The van der Waals surface area contributed by atoms with Crippen molar-refractivity contribution in [3.05, 3.63) is 29.8 Å². The Morgan fingerprint density at radius 3 is 2.72 bits per heavy atom. The summed E-state index contributed by atoms with van der Waals surface area (Å²) >= 11 is 0. The Hall–Kier alpha value is -1.84. The van der Waals surface area contributed by atoms with Gasteiger partial charge in [0, 0.05) is 24.3 Å². The van der Waals surface area contributed by atoms with E-state index in [1.54, 1.807) is 12.0 Å². The van der Waals surface area contributed by atoms with Gasteiger partial charge in [0.25, 0.3) is 0 Å². The van der Waals surface area contributed by atoms with Gasteiger partial charge in [-0.05, 0) is 61.6 Å². The standard InChI is InChI=1S/C21H27NO3/c1-14-6-9-18-20(24)22(13-15-7-8-15)19(23)12-21(18,11-14)16-4-3-5-17(10-16)25-2/h3-5,10,14-15,18H,6-9,11-13H2,1-2H3/t14?,18-,21-/m1/s1. The quantitative estimate of drug-likeness (QED) is 0.787. The highest BCUT2D eigenvalue weighted by Crippen LogP contribution is 2.52. The molecule has 3 atom stereocenters. The smallest absolute Gasteiger partial charge is 0.233 e. The van der Waals surface area contributed by atoms with Gasteiger partial charge in [-0.2, -0.15) is 0 Å². The molecule has 0 bridgehead atoms. The Morgan fingerprint density at radius 1 is 1.20 bits per heavy atom. The maximum absolute atomic E-state index is 13.2. The van der Waals surface area contributed by atoms with Crippen molar-refractivity contribution in [1.29, 1.82) is 0 Å². The molecule has 4 heteroatoms. The van der Waals surface area contributed by atoms with Crippen LogP contribution in [0.2, 0.25) is 0 Å². The van der Waals surface area contributed by atoms with E-state index in [9.17, 15) is 9.59 Å². The van der Waals surface area contributed by atoms with E-state index in [-0.39, 0.29) is 23.1 Å². The van der Waals surface area contributed by atoms with Crippen LogP contribution >= 0.6 is 0 Å². The van der Waals surface area contributed by atoms with Gasteiger partial charge in [-0.15, -0.1) is 0 Å². The Kier molecular flexibility index (Phi) is 4.09. The molecule has 4 rings (SSSR count). The van der Waals surface area contributed by atoms with Gasteiger partial charge in [0.2, 0.25) is 11.8 Å². The summed E-state index contributed by atoms with van der Waals surface area (Å²) in [6.45, 7) is 2.88. The molecule has 1 aliphatic heterocycles. The Labute approximate surface area is 149 Å². The lowest BCUT2D eigenvalue weighted by Crippen LogP contribution is -2.58. The van der Waals surface area contributed by atoms with Crippen molar-refractivity contribution >= 4 is 11.8 Å². The number of fused-ring (bicyclic) bond motifs is 1. The van der Waals surface area contributed by atoms with Crippen LogP contribution in [0.1, 0.15) is 51.0 Å². The predicted molar refractivity (Wildman–Crippen MR) is 95.2 cm³/mol. The van der Waals surface area contributed by atoms with Crippen molar-refractivity contribution in [1.82, 2.24) is 4.90 Å². The number of nitrogens with zero attached hydrogens (tertiary/aromatic N) is 1. The monoisotopic (exact) mass is 341 g/mol. The first-order valence-corrected chi connectivity index (χ1v) is 9.52. The molecule has 1 saturated heterocycles. The SMILES string of the molecule is COc1cccc([C@@]23CC(=O)N(CC4CC4)C(=O)[C@H]2CCC(C)C3)c1. The van der Waals surface area contributed by atoms with Gasteiger partial charge in [0.05, 0.1) is 7.11 Å². The highest BCUT2D eigenvalue weighted by Gasteiger charge is 2.55. The molecule has 2 saturated carbocycles. The van der Waals surface area contributed by atoms with Crippen molar-refractivity contribution < 1.29 is 14.3 Å². The van der Waals surface area contributed by atoms with Crippen molar-refractivity contribution in [2.75, 3.05) is 13.7 Å². The normalized spacial score (nSPS) is 32.5. The van der Waals surface area contributed by atoms with E-state index in [1.807, 2.05) is 18.2 Å². The first kappa shape index (κ1) is 16.6. The summed E-state index contributed by atoms with van der Waals surface area (Å²) in [5.74, 6) is 1.87. The second-order valence-electron chi connectivity index (χ2n) is 8.29. The zero-order chi connectivity index (χ0) is 17.6. The molecule has 0 aromatic heterocycles. The third kappa shape index (κ3) is 2.86. The number of piperidine rings is 1. The van der Waals surface area contributed by atoms with Crippen LogP contribution in [0, 0.1) is 17.8 Å². The molecule has 1 heterocycles. The number of ether oxygens (including phenoxy) is 1. The average Bonchev–Trinajstić information content (AvgIpc) is 3.42. The maximum Gasteiger partial charge on any atom is 0.233 e. The number of carbonyl (C=O) groups excluding carboxylic acids is 2. The lowest BCUT2D eigenvalue weighted by Gasteiger charge is -2.50. The molecule has 0 N–H and O–H groups in total. The fourth-order valence-electron chi connectivity index (χ4n) is 4.93. The largest absolute Gasteiger partial charge is 0.497 e. The minimum absolute atomic E-state index is 0.0186. The summed E-state index contributed by atoms with van der Waals surface area (Å²) in [6.07, 6.45) is 5.60. The predicted octanol–water partition coefficient (Wildman–Crippen LogP) is 3.54. The fraction of sp³-hybridized carbons (Fsp3) is 0.619. The number of benzene rings is 1. The number of methoxy groups -OCH3 is 1. The summed E-state index contributed by atoms with van der Waals surface area (Å²) in [5.41, 5.74) is 0.733. The highest BCUT2D eigenvalue weighted by molar-refractivity contribution is 6.01. The molecule has 4 nitrogen and oxygen atoms in total. The first-order chi connectivity index (χ1) is 12.0. The molecule has 2 amide bonds. The first-order valence-electron chi connectivity index (χ1n) is 9.52. The molecular weight excluding hydrogens is 314 g/mol. The van der Waals surface area contributed by atoms with Gasteiger partial charge in [-0.1, -0.05) is 19.1 Å². The third-order valence-electron chi connectivity index (χ3n) is 6.44. The van der Waals surface area contributed by atoms with Crippen LogP contribution < -0.4 is 4.74 Å².